The lowest BCUT2D eigenvalue weighted by molar-refractivity contribution is 0.412. The Labute approximate surface area is 117 Å². The van der Waals surface area contributed by atoms with Gasteiger partial charge in [0.25, 0.3) is 0 Å². The van der Waals surface area contributed by atoms with Crippen molar-refractivity contribution < 1.29 is 4.74 Å². The van der Waals surface area contributed by atoms with Gasteiger partial charge in [-0.15, -0.1) is 0 Å². The van der Waals surface area contributed by atoms with Crippen molar-refractivity contribution in [1.82, 2.24) is 9.97 Å². The lowest BCUT2D eigenvalue weighted by atomic mass is 10.2. The Morgan fingerprint density at radius 2 is 2.33 bits per heavy atom. The molecule has 0 bridgehead atoms. The first-order valence-corrected chi connectivity index (χ1v) is 7.59. The van der Waals surface area contributed by atoms with Gasteiger partial charge in [0.05, 0.1) is 7.11 Å². The van der Waals surface area contributed by atoms with Gasteiger partial charge in [0.1, 0.15) is 6.33 Å². The minimum Gasteiger partial charge on any atom is -0.490 e. The van der Waals surface area contributed by atoms with Gasteiger partial charge in [0.15, 0.2) is 16.7 Å². The molecule has 0 aliphatic heterocycles. The Balaban J connectivity index is 2.00. The zero-order valence-corrected chi connectivity index (χ0v) is 12.2. The number of rotatable bonds is 5. The molecule has 1 N–H and O–H groups in total. The first-order chi connectivity index (χ1) is 8.74. The molecule has 0 aromatic carbocycles. The number of anilines is 1. The average molecular weight is 288 g/mol. The van der Waals surface area contributed by atoms with E-state index in [4.69, 9.17) is 16.3 Å². The summed E-state index contributed by atoms with van der Waals surface area (Å²) in [5, 5.41) is 4.53. The highest BCUT2D eigenvalue weighted by Crippen LogP contribution is 2.34. The average Bonchev–Trinajstić information content (AvgIpc) is 2.77. The van der Waals surface area contributed by atoms with Crippen LogP contribution in [0.1, 0.15) is 26.2 Å². The minimum absolute atomic E-state index is 0.354. The predicted octanol–water partition coefficient (Wildman–Crippen LogP) is 3.22. The summed E-state index contributed by atoms with van der Waals surface area (Å²) in [6.45, 7) is 2.21. The lowest BCUT2D eigenvalue weighted by Gasteiger charge is -2.16. The first kappa shape index (κ1) is 13.7. The van der Waals surface area contributed by atoms with Crippen LogP contribution in [0, 0.1) is 0 Å². The summed E-state index contributed by atoms with van der Waals surface area (Å²) in [6.07, 6.45) is 5.06. The SMILES string of the molecule is CCSC1CCC(Nc2ncnc(Cl)c2OC)C1. The van der Waals surface area contributed by atoms with Gasteiger partial charge in [0.2, 0.25) is 0 Å². The van der Waals surface area contributed by atoms with Gasteiger partial charge >= 0.3 is 0 Å². The smallest absolute Gasteiger partial charge is 0.198 e. The normalized spacial score (nSPS) is 23.1. The number of halogens is 1. The number of nitrogens with one attached hydrogen (secondary N) is 1. The molecule has 6 heteroatoms. The molecule has 1 aromatic rings. The summed E-state index contributed by atoms with van der Waals surface area (Å²) in [5.74, 6) is 2.41. The van der Waals surface area contributed by atoms with Gasteiger partial charge in [0, 0.05) is 11.3 Å². The first-order valence-electron chi connectivity index (χ1n) is 6.17. The standard InChI is InChI=1S/C12H18ClN3OS/c1-3-18-9-5-4-8(6-9)16-12-10(17-2)11(13)14-7-15-12/h7-9H,3-6H2,1-2H3,(H,14,15,16). The van der Waals surface area contributed by atoms with E-state index < -0.39 is 0 Å². The van der Waals surface area contributed by atoms with E-state index in [0.29, 0.717) is 22.8 Å². The highest BCUT2D eigenvalue weighted by molar-refractivity contribution is 7.99. The number of hydrogen-bond donors (Lipinski definition) is 1. The molecule has 1 aromatic heterocycles. The molecule has 1 aliphatic rings. The highest BCUT2D eigenvalue weighted by Gasteiger charge is 2.25. The molecule has 0 radical (unpaired) electrons. The zero-order chi connectivity index (χ0) is 13.0. The fourth-order valence-electron chi connectivity index (χ4n) is 2.29. The number of thioether (sulfide) groups is 1. The van der Waals surface area contributed by atoms with Gasteiger partial charge in [-0.25, -0.2) is 9.97 Å². The summed E-state index contributed by atoms with van der Waals surface area (Å²) in [5.41, 5.74) is 0. The molecule has 2 rings (SSSR count). The second-order valence-electron chi connectivity index (χ2n) is 4.28. The van der Waals surface area contributed by atoms with Crippen LogP contribution in [0.4, 0.5) is 5.82 Å². The molecule has 1 fully saturated rings. The fraction of sp³-hybridized carbons (Fsp3) is 0.667. The van der Waals surface area contributed by atoms with Gasteiger partial charge in [-0.1, -0.05) is 18.5 Å². The van der Waals surface area contributed by atoms with Crippen molar-refractivity contribution in [3.8, 4) is 5.75 Å². The predicted molar refractivity (Wildman–Crippen MR) is 76.8 cm³/mol. The van der Waals surface area contributed by atoms with Crippen molar-refractivity contribution in [2.45, 2.75) is 37.5 Å². The zero-order valence-electron chi connectivity index (χ0n) is 10.6. The molecule has 4 nitrogen and oxygen atoms in total. The second kappa shape index (κ2) is 6.48. The molecular formula is C12H18ClN3OS. The Bertz CT molecular complexity index is 405. The summed E-state index contributed by atoms with van der Waals surface area (Å²) >= 11 is 8.01. The summed E-state index contributed by atoms with van der Waals surface area (Å²) < 4.78 is 5.24. The largest absolute Gasteiger partial charge is 0.490 e. The van der Waals surface area contributed by atoms with Crippen LogP contribution in [0.25, 0.3) is 0 Å². The molecule has 2 unspecified atom stereocenters. The molecule has 1 heterocycles. The number of ether oxygens (including phenoxy) is 1. The van der Waals surface area contributed by atoms with E-state index in [0.717, 1.165) is 5.25 Å². The van der Waals surface area contributed by atoms with Crippen molar-refractivity contribution in [3.63, 3.8) is 0 Å². The van der Waals surface area contributed by atoms with Crippen LogP contribution >= 0.6 is 23.4 Å². The molecule has 100 valence electrons. The molecule has 0 saturated heterocycles. The number of hydrogen-bond acceptors (Lipinski definition) is 5. The van der Waals surface area contributed by atoms with E-state index in [-0.39, 0.29) is 0 Å². The monoisotopic (exact) mass is 287 g/mol. The molecule has 2 atom stereocenters. The second-order valence-corrected chi connectivity index (χ2v) is 6.21. The van der Waals surface area contributed by atoms with Gasteiger partial charge in [-0.2, -0.15) is 11.8 Å². The summed E-state index contributed by atoms with van der Waals surface area (Å²) in [4.78, 5) is 8.12. The van der Waals surface area contributed by atoms with E-state index in [1.807, 2.05) is 11.8 Å². The summed E-state index contributed by atoms with van der Waals surface area (Å²) in [7, 11) is 1.58. The number of aromatic nitrogens is 2. The van der Waals surface area contributed by atoms with Gasteiger partial charge < -0.3 is 10.1 Å². The van der Waals surface area contributed by atoms with Crippen LogP contribution in [0.3, 0.4) is 0 Å². The highest BCUT2D eigenvalue weighted by atomic mass is 35.5. The van der Waals surface area contributed by atoms with Crippen LogP contribution in [0.2, 0.25) is 5.15 Å². The van der Waals surface area contributed by atoms with Crippen molar-refractivity contribution in [2.24, 2.45) is 0 Å². The quantitative estimate of drug-likeness (QED) is 0.843. The van der Waals surface area contributed by atoms with Crippen LogP contribution in [-0.2, 0) is 0 Å². The van der Waals surface area contributed by atoms with Crippen LogP contribution < -0.4 is 10.1 Å². The maximum absolute atomic E-state index is 5.97. The molecule has 0 amide bonds. The maximum atomic E-state index is 5.97. The molecule has 1 aliphatic carbocycles. The van der Waals surface area contributed by atoms with E-state index in [2.05, 4.69) is 22.2 Å². The van der Waals surface area contributed by atoms with Crippen LogP contribution in [-0.4, -0.2) is 34.1 Å². The van der Waals surface area contributed by atoms with Gasteiger partial charge in [-0.05, 0) is 25.0 Å². The molecule has 18 heavy (non-hydrogen) atoms. The third-order valence-electron chi connectivity index (χ3n) is 3.09. The molecular weight excluding hydrogens is 270 g/mol. The Morgan fingerprint density at radius 1 is 1.50 bits per heavy atom. The Morgan fingerprint density at radius 3 is 3.06 bits per heavy atom. The van der Waals surface area contributed by atoms with E-state index in [9.17, 15) is 0 Å². The number of methoxy groups -OCH3 is 1. The summed E-state index contributed by atoms with van der Waals surface area (Å²) in [6, 6.07) is 0.453. The van der Waals surface area contributed by atoms with E-state index >= 15 is 0 Å². The molecule has 1 saturated carbocycles. The van der Waals surface area contributed by atoms with E-state index in [1.165, 1.54) is 31.3 Å². The van der Waals surface area contributed by atoms with Crippen LogP contribution in [0.15, 0.2) is 6.33 Å². The maximum Gasteiger partial charge on any atom is 0.198 e. The van der Waals surface area contributed by atoms with E-state index in [1.54, 1.807) is 7.11 Å². The van der Waals surface area contributed by atoms with Crippen molar-refractivity contribution in [1.29, 1.82) is 0 Å². The lowest BCUT2D eigenvalue weighted by Crippen LogP contribution is -2.17. The van der Waals surface area contributed by atoms with Crippen molar-refractivity contribution >= 4 is 29.2 Å². The van der Waals surface area contributed by atoms with Crippen molar-refractivity contribution in [2.75, 3.05) is 18.2 Å². The van der Waals surface area contributed by atoms with Crippen molar-refractivity contribution in [3.05, 3.63) is 11.5 Å². The fourth-order valence-corrected chi connectivity index (χ4v) is 3.64. The van der Waals surface area contributed by atoms with Gasteiger partial charge in [-0.3, -0.25) is 0 Å². The Hall–Kier alpha value is -0.680. The third-order valence-corrected chi connectivity index (χ3v) is 4.59. The topological polar surface area (TPSA) is 47.0 Å². The molecule has 0 spiro atoms. The van der Waals surface area contributed by atoms with Crippen LogP contribution in [0.5, 0.6) is 5.75 Å². The Kier molecular flexibility index (Phi) is 4.95. The third kappa shape index (κ3) is 3.20. The number of nitrogens with zero attached hydrogens (tertiary/aromatic N) is 2. The minimum atomic E-state index is 0.354.